The molecule has 1 amide bonds. The summed E-state index contributed by atoms with van der Waals surface area (Å²) < 4.78 is 47.9. The van der Waals surface area contributed by atoms with Crippen molar-refractivity contribution in [1.29, 1.82) is 0 Å². The summed E-state index contributed by atoms with van der Waals surface area (Å²) in [6.45, 7) is 2.80. The molecule has 0 unspecified atom stereocenters. The molecule has 1 aliphatic rings. The SMILES string of the molecule is Cc1nnnn1-c1ccc(F)c(NC(=O)c2cccc(S(=O)(=O)N3CCOCC3)c2)c1. The number of tetrazole rings is 1. The number of aromatic nitrogens is 4. The zero-order valence-electron chi connectivity index (χ0n) is 16.5. The lowest BCUT2D eigenvalue weighted by molar-refractivity contribution is 0.0730. The van der Waals surface area contributed by atoms with Gasteiger partial charge in [0.05, 0.1) is 29.5 Å². The summed E-state index contributed by atoms with van der Waals surface area (Å²) in [6.07, 6.45) is 0. The standard InChI is InChI=1S/C19H19FN6O4S/c1-13-22-23-24-26(13)15-5-6-17(20)18(12-15)21-19(27)14-3-2-4-16(11-14)31(28,29)25-7-9-30-10-8-25/h2-6,11-12H,7-10H2,1H3,(H,21,27). The maximum Gasteiger partial charge on any atom is 0.255 e. The number of sulfonamides is 1. The molecule has 2 heterocycles. The smallest absolute Gasteiger partial charge is 0.255 e. The number of hydrogen-bond donors (Lipinski definition) is 1. The third-order valence-electron chi connectivity index (χ3n) is 4.77. The highest BCUT2D eigenvalue weighted by atomic mass is 32.2. The molecule has 1 aliphatic heterocycles. The zero-order chi connectivity index (χ0) is 22.0. The van der Waals surface area contributed by atoms with E-state index in [1.54, 1.807) is 6.92 Å². The monoisotopic (exact) mass is 446 g/mol. The summed E-state index contributed by atoms with van der Waals surface area (Å²) in [6, 6.07) is 9.68. The van der Waals surface area contributed by atoms with E-state index in [0.29, 0.717) is 24.7 Å². The van der Waals surface area contributed by atoms with E-state index in [9.17, 15) is 17.6 Å². The van der Waals surface area contributed by atoms with Gasteiger partial charge in [-0.25, -0.2) is 12.8 Å². The minimum Gasteiger partial charge on any atom is -0.379 e. The molecule has 0 spiro atoms. The van der Waals surface area contributed by atoms with Gasteiger partial charge < -0.3 is 10.1 Å². The van der Waals surface area contributed by atoms with Crippen molar-refractivity contribution in [3.63, 3.8) is 0 Å². The van der Waals surface area contributed by atoms with Crippen molar-refractivity contribution in [1.82, 2.24) is 24.5 Å². The van der Waals surface area contributed by atoms with Crippen LogP contribution in [0.3, 0.4) is 0 Å². The Bertz CT molecular complexity index is 1220. The third-order valence-corrected chi connectivity index (χ3v) is 6.67. The Kier molecular flexibility index (Phi) is 5.76. The first-order valence-corrected chi connectivity index (χ1v) is 10.8. The molecule has 2 aromatic carbocycles. The molecule has 0 saturated carbocycles. The van der Waals surface area contributed by atoms with Crippen LogP contribution in [-0.2, 0) is 14.8 Å². The average Bonchev–Trinajstić information content (AvgIpc) is 3.22. The molecule has 162 valence electrons. The number of rotatable bonds is 5. The molecule has 1 N–H and O–H groups in total. The fourth-order valence-electron chi connectivity index (χ4n) is 3.14. The lowest BCUT2D eigenvalue weighted by Crippen LogP contribution is -2.40. The van der Waals surface area contributed by atoms with Gasteiger partial charge >= 0.3 is 0 Å². The van der Waals surface area contributed by atoms with Crippen LogP contribution < -0.4 is 5.32 Å². The number of morpholine rings is 1. The number of nitrogens with zero attached hydrogens (tertiary/aromatic N) is 5. The summed E-state index contributed by atoms with van der Waals surface area (Å²) >= 11 is 0. The number of benzene rings is 2. The molecular weight excluding hydrogens is 427 g/mol. The lowest BCUT2D eigenvalue weighted by atomic mass is 10.2. The second-order valence-electron chi connectivity index (χ2n) is 6.80. The predicted molar refractivity (Wildman–Crippen MR) is 108 cm³/mol. The van der Waals surface area contributed by atoms with E-state index in [1.165, 1.54) is 51.5 Å². The van der Waals surface area contributed by atoms with Gasteiger partial charge in [-0.15, -0.1) is 5.10 Å². The van der Waals surface area contributed by atoms with Crippen molar-refractivity contribution >= 4 is 21.6 Å². The van der Waals surface area contributed by atoms with Gasteiger partial charge in [0, 0.05) is 18.7 Å². The molecule has 31 heavy (non-hydrogen) atoms. The molecule has 0 bridgehead atoms. The van der Waals surface area contributed by atoms with E-state index >= 15 is 0 Å². The second-order valence-corrected chi connectivity index (χ2v) is 8.74. The van der Waals surface area contributed by atoms with Crippen LogP contribution in [0.1, 0.15) is 16.2 Å². The van der Waals surface area contributed by atoms with Crippen LogP contribution in [0, 0.1) is 12.7 Å². The Morgan fingerprint density at radius 1 is 1.16 bits per heavy atom. The average molecular weight is 446 g/mol. The van der Waals surface area contributed by atoms with Crippen molar-refractivity contribution in [2.75, 3.05) is 31.6 Å². The van der Waals surface area contributed by atoms with Gasteiger partial charge in [-0.1, -0.05) is 6.07 Å². The first kappa shape index (κ1) is 21.0. The fraction of sp³-hybridized carbons (Fsp3) is 0.263. The fourth-order valence-corrected chi connectivity index (χ4v) is 4.59. The number of nitrogens with one attached hydrogen (secondary N) is 1. The maximum atomic E-state index is 14.3. The number of hydrogen-bond acceptors (Lipinski definition) is 7. The summed E-state index contributed by atoms with van der Waals surface area (Å²) in [4.78, 5) is 12.7. The summed E-state index contributed by atoms with van der Waals surface area (Å²) in [5.41, 5.74) is 0.458. The third kappa shape index (κ3) is 4.31. The van der Waals surface area contributed by atoms with Crippen molar-refractivity contribution in [3.05, 3.63) is 59.7 Å². The summed E-state index contributed by atoms with van der Waals surface area (Å²) in [7, 11) is -3.77. The molecule has 0 radical (unpaired) electrons. The molecule has 10 nitrogen and oxygen atoms in total. The van der Waals surface area contributed by atoms with E-state index in [1.807, 2.05) is 0 Å². The summed E-state index contributed by atoms with van der Waals surface area (Å²) in [5.74, 6) is -0.812. The number of halogens is 1. The van der Waals surface area contributed by atoms with Crippen LogP contribution in [-0.4, -0.2) is 65.1 Å². The molecule has 12 heteroatoms. The second kappa shape index (κ2) is 8.49. The van der Waals surface area contributed by atoms with Crippen LogP contribution in [0.25, 0.3) is 5.69 Å². The first-order chi connectivity index (χ1) is 14.9. The Morgan fingerprint density at radius 3 is 2.65 bits per heavy atom. The van der Waals surface area contributed by atoms with E-state index in [-0.39, 0.29) is 29.2 Å². The van der Waals surface area contributed by atoms with Gasteiger partial charge in [-0.3, -0.25) is 4.79 Å². The number of ether oxygens (including phenoxy) is 1. The Morgan fingerprint density at radius 2 is 1.94 bits per heavy atom. The largest absolute Gasteiger partial charge is 0.379 e. The highest BCUT2D eigenvalue weighted by Gasteiger charge is 2.27. The Labute approximate surface area is 177 Å². The van der Waals surface area contributed by atoms with Gasteiger partial charge in [0.2, 0.25) is 10.0 Å². The van der Waals surface area contributed by atoms with Crippen molar-refractivity contribution < 1.29 is 22.3 Å². The van der Waals surface area contributed by atoms with E-state index < -0.39 is 21.7 Å². The molecule has 0 aliphatic carbocycles. The molecule has 3 aromatic rings. The van der Waals surface area contributed by atoms with Gasteiger partial charge in [0.25, 0.3) is 5.91 Å². The molecule has 1 fully saturated rings. The quantitative estimate of drug-likeness (QED) is 0.629. The van der Waals surface area contributed by atoms with Gasteiger partial charge in [-0.2, -0.15) is 8.99 Å². The van der Waals surface area contributed by atoms with Crippen LogP contribution in [0.2, 0.25) is 0 Å². The van der Waals surface area contributed by atoms with E-state index in [0.717, 1.165) is 0 Å². The zero-order valence-corrected chi connectivity index (χ0v) is 17.3. The number of anilines is 1. The molecule has 4 rings (SSSR count). The van der Waals surface area contributed by atoms with E-state index in [2.05, 4.69) is 20.8 Å². The Balaban J connectivity index is 1.59. The number of carbonyl (C=O) groups is 1. The maximum absolute atomic E-state index is 14.3. The predicted octanol–water partition coefficient (Wildman–Crippen LogP) is 1.38. The van der Waals surface area contributed by atoms with Gasteiger partial charge in [0.15, 0.2) is 5.82 Å². The van der Waals surface area contributed by atoms with E-state index in [4.69, 9.17) is 4.74 Å². The number of amides is 1. The van der Waals surface area contributed by atoms with Gasteiger partial charge in [0.1, 0.15) is 5.82 Å². The molecule has 0 atom stereocenters. The normalized spacial score (nSPS) is 15.0. The number of aryl methyl sites for hydroxylation is 1. The van der Waals surface area contributed by atoms with Crippen LogP contribution in [0.4, 0.5) is 10.1 Å². The van der Waals surface area contributed by atoms with Crippen molar-refractivity contribution in [3.8, 4) is 5.69 Å². The summed E-state index contributed by atoms with van der Waals surface area (Å²) in [5, 5.41) is 13.6. The minimum atomic E-state index is -3.77. The number of carbonyl (C=O) groups excluding carboxylic acids is 1. The van der Waals surface area contributed by atoms with Crippen LogP contribution in [0.5, 0.6) is 0 Å². The molecule has 1 saturated heterocycles. The van der Waals surface area contributed by atoms with Gasteiger partial charge in [-0.05, 0) is 53.7 Å². The van der Waals surface area contributed by atoms with Crippen molar-refractivity contribution in [2.24, 2.45) is 0 Å². The van der Waals surface area contributed by atoms with Crippen LogP contribution >= 0.6 is 0 Å². The highest BCUT2D eigenvalue weighted by molar-refractivity contribution is 7.89. The minimum absolute atomic E-state index is 0.0133. The van der Waals surface area contributed by atoms with Crippen molar-refractivity contribution in [2.45, 2.75) is 11.8 Å². The van der Waals surface area contributed by atoms with Crippen LogP contribution in [0.15, 0.2) is 47.4 Å². The Hall–Kier alpha value is -3.22. The molecular formula is C19H19FN6O4S. The topological polar surface area (TPSA) is 119 Å². The molecule has 1 aromatic heterocycles. The highest BCUT2D eigenvalue weighted by Crippen LogP contribution is 2.22. The lowest BCUT2D eigenvalue weighted by Gasteiger charge is -2.26. The first-order valence-electron chi connectivity index (χ1n) is 9.40.